The fraction of sp³-hybridized carbons (Fsp3) is 0.700. The van der Waals surface area contributed by atoms with Crippen molar-refractivity contribution in [3.63, 3.8) is 0 Å². The zero-order chi connectivity index (χ0) is 18.3. The van der Waals surface area contributed by atoms with Crippen molar-refractivity contribution < 1.29 is 9.26 Å². The van der Waals surface area contributed by atoms with Gasteiger partial charge in [0.25, 0.3) is 0 Å². The second-order valence-electron chi connectivity index (χ2n) is 7.76. The number of ether oxygens (including phenoxy) is 1. The van der Waals surface area contributed by atoms with Gasteiger partial charge in [-0.3, -0.25) is 5.50 Å². The maximum absolute atomic E-state index is 6.22. The van der Waals surface area contributed by atoms with Crippen LogP contribution in [0.1, 0.15) is 65.7 Å². The minimum Gasteiger partial charge on any atom is -0.454 e. The Hall–Kier alpha value is -0.410. The van der Waals surface area contributed by atoms with Crippen LogP contribution in [0.4, 0.5) is 0 Å². The Bertz CT molecular complexity index is 564. The van der Waals surface area contributed by atoms with Crippen LogP contribution in [0.25, 0.3) is 0 Å². The van der Waals surface area contributed by atoms with Crippen LogP contribution < -0.4 is 10.0 Å². The number of hydrogen-bond acceptors (Lipinski definition) is 3. The SMILES string of the molecule is CCC(CCCCCP(N)(=S)Oc1ccccc1)CCC1OC1(C)C. The molecule has 1 aromatic rings. The molecule has 0 spiro atoms. The minimum atomic E-state index is -2.20. The predicted octanol–water partition coefficient (Wildman–Crippen LogP) is 5.88. The Labute approximate surface area is 158 Å². The lowest BCUT2D eigenvalue weighted by Gasteiger charge is -2.19. The highest BCUT2D eigenvalue weighted by atomic mass is 32.4. The monoisotopic (exact) mass is 383 g/mol. The first kappa shape index (κ1) is 20.9. The Morgan fingerprint density at radius 3 is 2.48 bits per heavy atom. The van der Waals surface area contributed by atoms with Crippen molar-refractivity contribution in [1.82, 2.24) is 0 Å². The standard InChI is InChI=1S/C20H34NO2PS/c1-4-17(14-15-19-20(2,3)22-19)11-7-6-10-16-24(21,25)23-18-12-8-5-9-13-18/h5,8-9,12-13,17,19H,4,6-7,10-11,14-16H2,1-3H3,(H2,21,25). The molecule has 1 fully saturated rings. The molecule has 1 aliphatic heterocycles. The summed E-state index contributed by atoms with van der Waals surface area (Å²) in [6.07, 6.45) is 7.68. The van der Waals surface area contributed by atoms with E-state index in [0.29, 0.717) is 6.10 Å². The zero-order valence-electron chi connectivity index (χ0n) is 15.9. The van der Waals surface area contributed by atoms with Gasteiger partial charge in [-0.1, -0.05) is 50.8 Å². The fourth-order valence-electron chi connectivity index (χ4n) is 3.33. The molecule has 1 aromatic carbocycles. The summed E-state index contributed by atoms with van der Waals surface area (Å²) in [4.78, 5) is 0. The lowest BCUT2D eigenvalue weighted by molar-refractivity contribution is 0.308. The van der Waals surface area contributed by atoms with Crippen LogP contribution in [-0.4, -0.2) is 17.9 Å². The molecule has 3 nitrogen and oxygen atoms in total. The van der Waals surface area contributed by atoms with Crippen LogP contribution in [-0.2, 0) is 16.5 Å². The smallest absolute Gasteiger partial charge is 0.175 e. The van der Waals surface area contributed by atoms with Crippen molar-refractivity contribution in [1.29, 1.82) is 0 Å². The summed E-state index contributed by atoms with van der Waals surface area (Å²) < 4.78 is 11.5. The van der Waals surface area contributed by atoms with E-state index in [-0.39, 0.29) is 5.60 Å². The van der Waals surface area contributed by atoms with Gasteiger partial charge in [-0.25, -0.2) is 0 Å². The minimum absolute atomic E-state index is 0.134. The number of para-hydroxylation sites is 1. The molecule has 3 atom stereocenters. The van der Waals surface area contributed by atoms with Crippen molar-refractivity contribution in [2.75, 3.05) is 6.16 Å². The van der Waals surface area contributed by atoms with Gasteiger partial charge in [0, 0.05) is 6.16 Å². The molecule has 1 heterocycles. The van der Waals surface area contributed by atoms with Crippen LogP contribution in [0.5, 0.6) is 5.75 Å². The number of epoxide rings is 1. The third-order valence-corrected chi connectivity index (χ3v) is 7.39. The van der Waals surface area contributed by atoms with E-state index in [1.807, 2.05) is 30.3 Å². The van der Waals surface area contributed by atoms with Gasteiger partial charge in [-0.2, -0.15) is 0 Å². The van der Waals surface area contributed by atoms with Crippen LogP contribution in [0.3, 0.4) is 0 Å². The van der Waals surface area contributed by atoms with Crippen LogP contribution >= 0.6 is 6.42 Å². The van der Waals surface area contributed by atoms with Gasteiger partial charge in [0.05, 0.1) is 11.7 Å². The molecule has 0 radical (unpaired) electrons. The molecule has 1 aliphatic rings. The van der Waals surface area contributed by atoms with E-state index in [4.69, 9.17) is 26.6 Å². The zero-order valence-corrected chi connectivity index (χ0v) is 17.7. The molecule has 2 N–H and O–H groups in total. The second-order valence-corrected chi connectivity index (χ2v) is 11.7. The third kappa shape index (κ3) is 7.78. The molecule has 142 valence electrons. The second kappa shape index (κ2) is 9.50. The molecular formula is C20H34NO2PS. The lowest BCUT2D eigenvalue weighted by atomic mass is 9.92. The summed E-state index contributed by atoms with van der Waals surface area (Å²) in [5.41, 5.74) is 6.35. The van der Waals surface area contributed by atoms with E-state index in [1.54, 1.807) is 0 Å². The van der Waals surface area contributed by atoms with Crippen molar-refractivity contribution in [3.8, 4) is 5.75 Å². The number of hydrogen-bond donors (Lipinski definition) is 1. The van der Waals surface area contributed by atoms with E-state index in [0.717, 1.165) is 24.3 Å². The van der Waals surface area contributed by atoms with E-state index in [1.165, 1.54) is 38.5 Å². The largest absolute Gasteiger partial charge is 0.454 e. The van der Waals surface area contributed by atoms with Gasteiger partial charge in [0.1, 0.15) is 5.75 Å². The normalized spacial score (nSPS) is 22.2. The quantitative estimate of drug-likeness (QED) is 0.278. The number of rotatable bonds is 12. The molecule has 0 aromatic heterocycles. The summed E-state index contributed by atoms with van der Waals surface area (Å²) in [7, 11) is 0. The molecule has 1 saturated heterocycles. The highest BCUT2D eigenvalue weighted by molar-refractivity contribution is 8.11. The van der Waals surface area contributed by atoms with Crippen molar-refractivity contribution in [2.24, 2.45) is 11.4 Å². The molecule has 0 amide bonds. The summed E-state index contributed by atoms with van der Waals surface area (Å²) in [6.45, 7) is 6.68. The Morgan fingerprint density at radius 2 is 1.88 bits per heavy atom. The molecule has 0 bridgehead atoms. The molecule has 5 heteroatoms. The molecule has 2 rings (SSSR count). The molecule has 0 saturated carbocycles. The van der Waals surface area contributed by atoms with Gasteiger partial charge >= 0.3 is 0 Å². The summed E-state index contributed by atoms with van der Waals surface area (Å²) in [5, 5.41) is 0. The topological polar surface area (TPSA) is 47.8 Å². The third-order valence-electron chi connectivity index (χ3n) is 5.16. The molecule has 3 unspecified atom stereocenters. The van der Waals surface area contributed by atoms with Crippen molar-refractivity contribution in [3.05, 3.63) is 30.3 Å². The summed E-state index contributed by atoms with van der Waals surface area (Å²) in [6, 6.07) is 9.70. The Morgan fingerprint density at radius 1 is 1.20 bits per heavy atom. The van der Waals surface area contributed by atoms with Crippen LogP contribution in [0.15, 0.2) is 30.3 Å². The van der Waals surface area contributed by atoms with E-state index in [2.05, 4.69) is 20.8 Å². The lowest BCUT2D eigenvalue weighted by Crippen LogP contribution is -2.07. The maximum atomic E-state index is 6.22. The Kier molecular flexibility index (Phi) is 7.94. The van der Waals surface area contributed by atoms with Crippen LogP contribution in [0, 0.1) is 5.92 Å². The average molecular weight is 384 g/mol. The highest BCUT2D eigenvalue weighted by Crippen LogP contribution is 2.41. The van der Waals surface area contributed by atoms with Gasteiger partial charge < -0.3 is 9.26 Å². The number of unbranched alkanes of at least 4 members (excludes halogenated alkanes) is 2. The van der Waals surface area contributed by atoms with Gasteiger partial charge in [0.2, 0.25) is 0 Å². The van der Waals surface area contributed by atoms with Crippen molar-refractivity contribution >= 4 is 18.2 Å². The van der Waals surface area contributed by atoms with Gasteiger partial charge in [0.15, 0.2) is 6.42 Å². The van der Waals surface area contributed by atoms with Gasteiger partial charge in [-0.15, -0.1) is 0 Å². The first-order valence-corrected chi connectivity index (χ1v) is 12.6. The number of benzene rings is 1. The average Bonchev–Trinajstić information content (AvgIpc) is 3.17. The molecular weight excluding hydrogens is 349 g/mol. The first-order valence-electron chi connectivity index (χ1n) is 9.62. The Balaban J connectivity index is 1.57. The van der Waals surface area contributed by atoms with E-state index in [9.17, 15) is 0 Å². The first-order chi connectivity index (χ1) is 11.8. The van der Waals surface area contributed by atoms with Crippen molar-refractivity contribution in [2.45, 2.75) is 77.4 Å². The highest BCUT2D eigenvalue weighted by Gasteiger charge is 2.46. The number of nitrogens with two attached hydrogens (primary N) is 1. The summed E-state index contributed by atoms with van der Waals surface area (Å²) in [5.74, 6) is 1.62. The molecule has 25 heavy (non-hydrogen) atoms. The molecule has 0 aliphatic carbocycles. The van der Waals surface area contributed by atoms with Gasteiger partial charge in [-0.05, 0) is 63.0 Å². The maximum Gasteiger partial charge on any atom is 0.175 e. The summed E-state index contributed by atoms with van der Waals surface area (Å²) >= 11 is 5.50. The van der Waals surface area contributed by atoms with E-state index >= 15 is 0 Å². The van der Waals surface area contributed by atoms with E-state index < -0.39 is 6.42 Å². The predicted molar refractivity (Wildman–Crippen MR) is 111 cm³/mol. The van der Waals surface area contributed by atoms with Crippen LogP contribution in [0.2, 0.25) is 0 Å². The fourth-order valence-corrected chi connectivity index (χ4v) is 5.21.